The Morgan fingerprint density at radius 2 is 1.41 bits per heavy atom. The van der Waals surface area contributed by atoms with Gasteiger partial charge in [0.15, 0.2) is 0 Å². The van der Waals surface area contributed by atoms with E-state index in [0.717, 1.165) is 17.5 Å². The molecule has 1 aliphatic rings. The van der Waals surface area contributed by atoms with Crippen molar-refractivity contribution in [2.24, 2.45) is 0 Å². The molecule has 0 aliphatic heterocycles. The maximum absolute atomic E-state index is 12.8. The monoisotopic (exact) mass is 385 g/mol. The normalized spacial score (nSPS) is 18.3. The Balaban J connectivity index is 1.42. The molecule has 0 bridgehead atoms. The van der Waals surface area contributed by atoms with Crippen molar-refractivity contribution in [1.29, 1.82) is 0 Å². The van der Waals surface area contributed by atoms with Gasteiger partial charge in [-0.3, -0.25) is 4.79 Å². The minimum absolute atomic E-state index is 0.000810. The first kappa shape index (κ1) is 19.4. The van der Waals surface area contributed by atoms with E-state index in [-0.39, 0.29) is 18.4 Å². The molecule has 0 spiro atoms. The molecule has 1 aliphatic carbocycles. The van der Waals surface area contributed by atoms with Crippen molar-refractivity contribution in [2.75, 3.05) is 6.54 Å². The van der Waals surface area contributed by atoms with E-state index in [9.17, 15) is 9.90 Å². The number of rotatable bonds is 6. The van der Waals surface area contributed by atoms with Crippen molar-refractivity contribution in [3.05, 3.63) is 107 Å². The highest BCUT2D eigenvalue weighted by Crippen LogP contribution is 2.30. The number of benzene rings is 3. The fraction of sp³-hybridized carbons (Fsp3) is 0.269. The standard InChI is InChI=1S/C26H27NO2/c28-25(27-19-26(29)16-15-20-9-7-8-14-23(20)18-26)17-24(21-10-3-1-4-11-21)22-12-5-2-6-13-22/h1-14,24,29H,15-19H2,(H,27,28). The zero-order valence-electron chi connectivity index (χ0n) is 16.6. The summed E-state index contributed by atoms with van der Waals surface area (Å²) < 4.78 is 0. The lowest BCUT2D eigenvalue weighted by atomic mass is 9.80. The number of aliphatic hydroxyl groups is 1. The molecule has 1 atom stereocenters. The summed E-state index contributed by atoms with van der Waals surface area (Å²) in [6.45, 7) is 0.288. The van der Waals surface area contributed by atoms with Gasteiger partial charge in [0, 0.05) is 25.3 Å². The molecule has 2 N–H and O–H groups in total. The van der Waals surface area contributed by atoms with E-state index in [1.165, 1.54) is 11.1 Å². The second-order valence-electron chi connectivity index (χ2n) is 8.02. The zero-order chi connectivity index (χ0) is 20.1. The Kier molecular flexibility index (Phi) is 5.77. The topological polar surface area (TPSA) is 49.3 Å². The fourth-order valence-corrected chi connectivity index (χ4v) is 4.25. The molecule has 1 unspecified atom stereocenters. The quantitative estimate of drug-likeness (QED) is 0.667. The molecule has 1 amide bonds. The average molecular weight is 386 g/mol. The van der Waals surface area contributed by atoms with Crippen molar-refractivity contribution in [3.8, 4) is 0 Å². The predicted molar refractivity (Wildman–Crippen MR) is 116 cm³/mol. The van der Waals surface area contributed by atoms with Crippen LogP contribution in [0.5, 0.6) is 0 Å². The summed E-state index contributed by atoms with van der Waals surface area (Å²) >= 11 is 0. The lowest BCUT2D eigenvalue weighted by molar-refractivity contribution is -0.122. The van der Waals surface area contributed by atoms with Gasteiger partial charge >= 0.3 is 0 Å². The first-order valence-corrected chi connectivity index (χ1v) is 10.3. The van der Waals surface area contributed by atoms with Gasteiger partial charge in [0.05, 0.1) is 5.60 Å². The van der Waals surface area contributed by atoms with Gasteiger partial charge in [-0.2, -0.15) is 0 Å². The second-order valence-corrected chi connectivity index (χ2v) is 8.02. The number of aryl methyl sites for hydroxylation is 1. The fourth-order valence-electron chi connectivity index (χ4n) is 4.25. The first-order valence-electron chi connectivity index (χ1n) is 10.3. The van der Waals surface area contributed by atoms with Gasteiger partial charge in [0.25, 0.3) is 0 Å². The van der Waals surface area contributed by atoms with E-state index in [0.29, 0.717) is 19.3 Å². The third-order valence-electron chi connectivity index (χ3n) is 5.91. The van der Waals surface area contributed by atoms with Gasteiger partial charge in [-0.1, -0.05) is 84.9 Å². The van der Waals surface area contributed by atoms with E-state index < -0.39 is 5.60 Å². The van der Waals surface area contributed by atoms with Crippen LogP contribution in [0.2, 0.25) is 0 Å². The van der Waals surface area contributed by atoms with Crippen LogP contribution >= 0.6 is 0 Å². The van der Waals surface area contributed by atoms with E-state index in [4.69, 9.17) is 0 Å². The minimum atomic E-state index is -0.876. The molecule has 4 rings (SSSR count). The highest BCUT2D eigenvalue weighted by atomic mass is 16.3. The lowest BCUT2D eigenvalue weighted by Gasteiger charge is -2.33. The highest BCUT2D eigenvalue weighted by molar-refractivity contribution is 5.77. The highest BCUT2D eigenvalue weighted by Gasteiger charge is 2.32. The van der Waals surface area contributed by atoms with Gasteiger partial charge in [-0.25, -0.2) is 0 Å². The second kappa shape index (κ2) is 8.62. The molecule has 0 aromatic heterocycles. The smallest absolute Gasteiger partial charge is 0.221 e. The number of carbonyl (C=O) groups excluding carboxylic acids is 1. The van der Waals surface area contributed by atoms with E-state index in [1.54, 1.807) is 0 Å². The van der Waals surface area contributed by atoms with Gasteiger partial charge in [0.2, 0.25) is 5.91 Å². The summed E-state index contributed by atoms with van der Waals surface area (Å²) in [5.41, 5.74) is 3.86. The molecule has 3 aromatic carbocycles. The van der Waals surface area contributed by atoms with Gasteiger partial charge in [-0.05, 0) is 35.1 Å². The molecule has 29 heavy (non-hydrogen) atoms. The Bertz CT molecular complexity index is 915. The number of hydrogen-bond acceptors (Lipinski definition) is 2. The van der Waals surface area contributed by atoms with Crippen LogP contribution in [0.15, 0.2) is 84.9 Å². The first-order chi connectivity index (χ1) is 14.1. The van der Waals surface area contributed by atoms with Crippen LogP contribution in [-0.2, 0) is 17.6 Å². The lowest BCUT2D eigenvalue weighted by Crippen LogP contribution is -2.47. The SMILES string of the molecule is O=C(CC(c1ccccc1)c1ccccc1)NCC1(O)CCc2ccccc2C1. The molecule has 3 heteroatoms. The summed E-state index contributed by atoms with van der Waals surface area (Å²) in [5.74, 6) is -0.0332. The van der Waals surface area contributed by atoms with Crippen LogP contribution < -0.4 is 5.32 Å². The summed E-state index contributed by atoms with van der Waals surface area (Å²) in [5, 5.41) is 14.0. The number of hydrogen-bond donors (Lipinski definition) is 2. The molecule has 0 saturated carbocycles. The molecular formula is C26H27NO2. The molecule has 3 aromatic rings. The Labute approximate surface area is 172 Å². The maximum atomic E-state index is 12.8. The van der Waals surface area contributed by atoms with Crippen LogP contribution in [0.1, 0.15) is 41.0 Å². The van der Waals surface area contributed by atoms with Crippen LogP contribution in [0.25, 0.3) is 0 Å². The Morgan fingerprint density at radius 1 is 0.862 bits per heavy atom. The van der Waals surface area contributed by atoms with E-state index >= 15 is 0 Å². The van der Waals surface area contributed by atoms with Crippen molar-refractivity contribution < 1.29 is 9.90 Å². The molecule has 0 fully saturated rings. The van der Waals surface area contributed by atoms with Crippen LogP contribution in [-0.4, -0.2) is 23.2 Å². The van der Waals surface area contributed by atoms with E-state index in [2.05, 4.69) is 41.7 Å². The van der Waals surface area contributed by atoms with Crippen LogP contribution in [0.4, 0.5) is 0 Å². The predicted octanol–water partition coefficient (Wildman–Crippen LogP) is 4.24. The van der Waals surface area contributed by atoms with Crippen LogP contribution in [0.3, 0.4) is 0 Å². The number of nitrogens with one attached hydrogen (secondary N) is 1. The summed E-state index contributed by atoms with van der Waals surface area (Å²) in [4.78, 5) is 12.8. The molecular weight excluding hydrogens is 358 g/mol. The van der Waals surface area contributed by atoms with Crippen LogP contribution in [0, 0.1) is 0 Å². The summed E-state index contributed by atoms with van der Waals surface area (Å²) in [6.07, 6.45) is 2.47. The zero-order valence-corrected chi connectivity index (χ0v) is 16.6. The molecule has 0 heterocycles. The number of carbonyl (C=O) groups is 1. The van der Waals surface area contributed by atoms with E-state index in [1.807, 2.05) is 48.5 Å². The van der Waals surface area contributed by atoms with Crippen molar-refractivity contribution in [3.63, 3.8) is 0 Å². The molecule has 0 saturated heterocycles. The molecule has 148 valence electrons. The Hall–Kier alpha value is -2.91. The average Bonchev–Trinajstić information content (AvgIpc) is 2.77. The number of amides is 1. The van der Waals surface area contributed by atoms with Crippen molar-refractivity contribution in [1.82, 2.24) is 5.32 Å². The summed E-state index contributed by atoms with van der Waals surface area (Å²) in [6, 6.07) is 28.5. The van der Waals surface area contributed by atoms with Crippen molar-refractivity contribution >= 4 is 5.91 Å². The number of fused-ring (bicyclic) bond motifs is 1. The maximum Gasteiger partial charge on any atom is 0.221 e. The van der Waals surface area contributed by atoms with Gasteiger partial charge < -0.3 is 10.4 Å². The van der Waals surface area contributed by atoms with Gasteiger partial charge in [0.1, 0.15) is 0 Å². The minimum Gasteiger partial charge on any atom is -0.388 e. The third-order valence-corrected chi connectivity index (χ3v) is 5.91. The largest absolute Gasteiger partial charge is 0.388 e. The molecule has 0 radical (unpaired) electrons. The molecule has 3 nitrogen and oxygen atoms in total. The van der Waals surface area contributed by atoms with Crippen molar-refractivity contribution in [2.45, 2.75) is 37.2 Å². The third kappa shape index (κ3) is 4.75. The van der Waals surface area contributed by atoms with Gasteiger partial charge in [-0.15, -0.1) is 0 Å². The Morgan fingerprint density at radius 3 is 2.03 bits per heavy atom. The summed E-state index contributed by atoms with van der Waals surface area (Å²) in [7, 11) is 0.